The van der Waals surface area contributed by atoms with E-state index in [0.717, 1.165) is 18.6 Å². The molecule has 0 aliphatic carbocycles. The normalized spacial score (nSPS) is 21.6. The summed E-state index contributed by atoms with van der Waals surface area (Å²) < 4.78 is 28.4. The highest BCUT2D eigenvalue weighted by atomic mass is 32.2. The van der Waals surface area contributed by atoms with Crippen molar-refractivity contribution in [2.24, 2.45) is 0 Å². The summed E-state index contributed by atoms with van der Waals surface area (Å²) in [6, 6.07) is 7.07. The second kappa shape index (κ2) is 4.08. The van der Waals surface area contributed by atoms with E-state index in [-0.39, 0.29) is 0 Å². The van der Waals surface area contributed by atoms with Crippen LogP contribution in [0, 0.1) is 0 Å². The maximum Gasteiger partial charge on any atom is 0.357 e. The van der Waals surface area contributed by atoms with Crippen molar-refractivity contribution in [3.05, 3.63) is 29.8 Å². The molecule has 2 atom stereocenters. The molecule has 1 N–H and O–H groups in total. The molecule has 5 heteroatoms. The van der Waals surface area contributed by atoms with Gasteiger partial charge in [-0.15, -0.1) is 0 Å². The summed E-state index contributed by atoms with van der Waals surface area (Å²) in [6.45, 7) is 0.832. The van der Waals surface area contributed by atoms with Crippen LogP contribution in [0.5, 0.6) is 5.75 Å². The monoisotopic (exact) mass is 214 g/mol. The Labute approximate surface area is 84.3 Å². The molecule has 1 aliphatic heterocycles. The van der Waals surface area contributed by atoms with Gasteiger partial charge in [0.1, 0.15) is 5.75 Å². The van der Waals surface area contributed by atoms with Gasteiger partial charge in [0.05, 0.1) is 12.7 Å². The maximum atomic E-state index is 10.3. The second-order valence-electron chi connectivity index (χ2n) is 3.10. The van der Waals surface area contributed by atoms with Crippen LogP contribution in [0.4, 0.5) is 0 Å². The lowest BCUT2D eigenvalue weighted by molar-refractivity contribution is 0.407. The van der Waals surface area contributed by atoms with E-state index >= 15 is 0 Å². The van der Waals surface area contributed by atoms with Crippen molar-refractivity contribution >= 4 is 11.4 Å². The molecule has 0 bridgehead atoms. The van der Waals surface area contributed by atoms with Crippen LogP contribution in [-0.2, 0) is 22.5 Å². The van der Waals surface area contributed by atoms with Crippen LogP contribution in [0.2, 0.25) is 0 Å². The number of hydrogen-bond acceptors (Lipinski definition) is 3. The molecule has 4 nitrogen and oxygen atoms in total. The van der Waals surface area contributed by atoms with Crippen LogP contribution in [-0.4, -0.2) is 21.5 Å². The van der Waals surface area contributed by atoms with Gasteiger partial charge < -0.3 is 8.92 Å². The zero-order valence-electron chi connectivity index (χ0n) is 7.38. The van der Waals surface area contributed by atoms with Gasteiger partial charge in [-0.25, -0.2) is 0 Å². The highest BCUT2D eigenvalue weighted by Gasteiger charge is 2.22. The number of hydrogen-bond donors (Lipinski definition) is 1. The second-order valence-corrected chi connectivity index (χ2v) is 3.70. The van der Waals surface area contributed by atoms with Gasteiger partial charge in [-0.1, -0.05) is 12.1 Å². The minimum absolute atomic E-state index is 0.355. The lowest BCUT2D eigenvalue weighted by Crippen LogP contribution is -1.98. The van der Waals surface area contributed by atoms with Crippen LogP contribution < -0.4 is 4.18 Å². The molecule has 2 unspecified atom stereocenters. The summed E-state index contributed by atoms with van der Waals surface area (Å²) in [4.78, 5) is 0. The first-order chi connectivity index (χ1) is 6.74. The Kier molecular flexibility index (Phi) is 2.81. The van der Waals surface area contributed by atoms with E-state index in [1.54, 1.807) is 12.1 Å². The van der Waals surface area contributed by atoms with Gasteiger partial charge in [-0.2, -0.15) is 4.21 Å². The molecule has 1 fully saturated rings. The molecule has 1 saturated heterocycles. The molecule has 2 rings (SSSR count). The first kappa shape index (κ1) is 9.64. The maximum absolute atomic E-state index is 10.3. The fourth-order valence-electron chi connectivity index (χ4n) is 1.21. The minimum atomic E-state index is -2.25. The fourth-order valence-corrected chi connectivity index (χ4v) is 1.49. The summed E-state index contributed by atoms with van der Waals surface area (Å²) in [6.07, 6.45) is 1.25. The predicted octanol–water partition coefficient (Wildman–Crippen LogP) is 1.14. The Balaban J connectivity index is 1.97. The van der Waals surface area contributed by atoms with Crippen molar-refractivity contribution in [3.63, 3.8) is 0 Å². The third kappa shape index (κ3) is 2.80. The van der Waals surface area contributed by atoms with Gasteiger partial charge in [0.25, 0.3) is 0 Å². The molecule has 1 heterocycles. The molecule has 1 aromatic rings. The van der Waals surface area contributed by atoms with Gasteiger partial charge in [0, 0.05) is 6.42 Å². The zero-order chi connectivity index (χ0) is 9.97. The van der Waals surface area contributed by atoms with Crippen LogP contribution >= 0.6 is 0 Å². The summed E-state index contributed by atoms with van der Waals surface area (Å²) in [5.41, 5.74) is 1.14. The summed E-state index contributed by atoms with van der Waals surface area (Å²) in [7, 11) is 0. The topological polar surface area (TPSA) is 59.1 Å². The molecular formula is C9H10O4S. The molecule has 0 saturated carbocycles. The van der Waals surface area contributed by atoms with E-state index in [9.17, 15) is 4.21 Å². The van der Waals surface area contributed by atoms with Gasteiger partial charge in [0.15, 0.2) is 0 Å². The Bertz CT molecular complexity index is 331. The SMILES string of the molecule is O=S(O)Oc1ccc(CC2CO2)cc1. The average molecular weight is 214 g/mol. The molecular weight excluding hydrogens is 204 g/mol. The largest absolute Gasteiger partial charge is 0.380 e. The van der Waals surface area contributed by atoms with E-state index in [1.807, 2.05) is 12.1 Å². The predicted molar refractivity (Wildman–Crippen MR) is 51.3 cm³/mol. The highest BCUT2D eigenvalue weighted by Crippen LogP contribution is 2.18. The van der Waals surface area contributed by atoms with Crippen LogP contribution in [0.15, 0.2) is 24.3 Å². The van der Waals surface area contributed by atoms with Crippen molar-refractivity contribution in [3.8, 4) is 5.75 Å². The summed E-state index contributed by atoms with van der Waals surface area (Å²) in [5.74, 6) is 0.395. The Morgan fingerprint density at radius 1 is 1.50 bits per heavy atom. The zero-order valence-corrected chi connectivity index (χ0v) is 8.20. The van der Waals surface area contributed by atoms with Gasteiger partial charge in [-0.3, -0.25) is 4.55 Å². The fraction of sp³-hybridized carbons (Fsp3) is 0.333. The number of benzene rings is 1. The van der Waals surface area contributed by atoms with Gasteiger partial charge in [0.2, 0.25) is 0 Å². The standard InChI is InChI=1S/C9H10O4S/c10-14(11)13-8-3-1-7(2-4-8)5-9-6-12-9/h1-4,9H,5-6H2,(H,10,11). The van der Waals surface area contributed by atoms with E-state index in [4.69, 9.17) is 9.29 Å². The van der Waals surface area contributed by atoms with Crippen molar-refractivity contribution in [1.82, 2.24) is 0 Å². The first-order valence-corrected chi connectivity index (χ1v) is 5.27. The van der Waals surface area contributed by atoms with Crippen molar-refractivity contribution < 1.29 is 17.7 Å². The van der Waals surface area contributed by atoms with Crippen molar-refractivity contribution in [2.75, 3.05) is 6.61 Å². The molecule has 0 radical (unpaired) electrons. The van der Waals surface area contributed by atoms with E-state index in [1.165, 1.54) is 0 Å². The summed E-state index contributed by atoms with van der Waals surface area (Å²) in [5, 5.41) is 0. The number of rotatable bonds is 4. The number of epoxide rings is 1. The third-order valence-electron chi connectivity index (χ3n) is 1.96. The van der Waals surface area contributed by atoms with Crippen molar-refractivity contribution in [2.45, 2.75) is 12.5 Å². The number of ether oxygens (including phenoxy) is 1. The summed E-state index contributed by atoms with van der Waals surface area (Å²) >= 11 is -2.25. The molecule has 0 spiro atoms. The van der Waals surface area contributed by atoms with Crippen LogP contribution in [0.25, 0.3) is 0 Å². The third-order valence-corrected chi connectivity index (χ3v) is 2.29. The van der Waals surface area contributed by atoms with Gasteiger partial charge in [-0.05, 0) is 17.7 Å². The van der Waals surface area contributed by atoms with Gasteiger partial charge >= 0.3 is 11.4 Å². The highest BCUT2D eigenvalue weighted by molar-refractivity contribution is 7.74. The first-order valence-electron chi connectivity index (χ1n) is 4.24. The molecule has 1 aliphatic rings. The van der Waals surface area contributed by atoms with E-state index in [2.05, 4.69) is 4.18 Å². The Hall–Kier alpha value is -0.910. The molecule has 0 amide bonds. The Morgan fingerprint density at radius 3 is 2.64 bits per heavy atom. The minimum Gasteiger partial charge on any atom is -0.380 e. The quantitative estimate of drug-likeness (QED) is 0.603. The van der Waals surface area contributed by atoms with Crippen LogP contribution in [0.1, 0.15) is 5.56 Å². The molecule has 0 aromatic heterocycles. The van der Waals surface area contributed by atoms with Crippen LogP contribution in [0.3, 0.4) is 0 Å². The smallest absolute Gasteiger partial charge is 0.357 e. The van der Waals surface area contributed by atoms with E-state index < -0.39 is 11.4 Å². The lowest BCUT2D eigenvalue weighted by atomic mass is 10.1. The lowest BCUT2D eigenvalue weighted by Gasteiger charge is -2.01. The molecule has 1 aromatic carbocycles. The van der Waals surface area contributed by atoms with Crippen molar-refractivity contribution in [1.29, 1.82) is 0 Å². The average Bonchev–Trinajstić information content (AvgIpc) is 2.91. The Morgan fingerprint density at radius 2 is 2.14 bits per heavy atom. The molecule has 76 valence electrons. The van der Waals surface area contributed by atoms with E-state index in [0.29, 0.717) is 11.9 Å². The molecule has 14 heavy (non-hydrogen) atoms.